The van der Waals surface area contributed by atoms with Crippen molar-refractivity contribution < 1.29 is 9.84 Å². The van der Waals surface area contributed by atoms with E-state index in [0.29, 0.717) is 19.6 Å². The van der Waals surface area contributed by atoms with Crippen molar-refractivity contribution in [2.45, 2.75) is 6.54 Å². The van der Waals surface area contributed by atoms with Gasteiger partial charge in [-0.05, 0) is 6.07 Å². The molecule has 86 valence electrons. The van der Waals surface area contributed by atoms with Crippen molar-refractivity contribution in [3.63, 3.8) is 0 Å². The number of hydrogen-bond acceptors (Lipinski definition) is 3. The first kappa shape index (κ1) is 12.6. The normalized spacial score (nSPS) is 10.1. The molecule has 1 rings (SSSR count). The highest BCUT2D eigenvalue weighted by Gasteiger charge is 2.07. The average molecular weight is 219 g/mol. The molecule has 0 bridgehead atoms. The van der Waals surface area contributed by atoms with Crippen molar-refractivity contribution in [2.24, 2.45) is 0 Å². The molecule has 16 heavy (non-hydrogen) atoms. The number of terminal acetylenes is 1. The maximum Gasteiger partial charge on any atom is 0.123 e. The second-order valence-electron chi connectivity index (χ2n) is 3.45. The van der Waals surface area contributed by atoms with Crippen LogP contribution < -0.4 is 4.74 Å². The summed E-state index contributed by atoms with van der Waals surface area (Å²) in [6.45, 7) is 1.90. The average Bonchev–Trinajstić information content (AvgIpc) is 2.30. The van der Waals surface area contributed by atoms with Gasteiger partial charge in [0.2, 0.25) is 0 Å². The summed E-state index contributed by atoms with van der Waals surface area (Å²) in [5, 5.41) is 8.93. The minimum Gasteiger partial charge on any atom is -0.496 e. The molecule has 0 fully saturated rings. The molecule has 0 saturated heterocycles. The Hall–Kier alpha value is -1.50. The molecule has 0 radical (unpaired) electrons. The Morgan fingerprint density at radius 3 is 2.81 bits per heavy atom. The van der Waals surface area contributed by atoms with E-state index in [2.05, 4.69) is 5.92 Å². The molecule has 0 amide bonds. The van der Waals surface area contributed by atoms with Gasteiger partial charge in [-0.2, -0.15) is 0 Å². The summed E-state index contributed by atoms with van der Waals surface area (Å²) in [5.41, 5.74) is 1.08. The number of benzene rings is 1. The van der Waals surface area contributed by atoms with Gasteiger partial charge in [0.15, 0.2) is 0 Å². The van der Waals surface area contributed by atoms with E-state index < -0.39 is 0 Å². The number of aliphatic hydroxyl groups is 1. The molecule has 3 nitrogen and oxygen atoms in total. The standard InChI is InChI=1S/C13H17NO2/c1-3-8-14(9-10-15)11-12-6-4-5-7-13(12)16-2/h1,4-7,15H,8-11H2,2H3. The maximum atomic E-state index is 8.93. The number of nitrogens with zero attached hydrogens (tertiary/aromatic N) is 1. The first-order valence-corrected chi connectivity index (χ1v) is 5.20. The van der Waals surface area contributed by atoms with Crippen molar-refractivity contribution in [3.05, 3.63) is 29.8 Å². The highest BCUT2D eigenvalue weighted by atomic mass is 16.5. The van der Waals surface area contributed by atoms with E-state index >= 15 is 0 Å². The Morgan fingerprint density at radius 2 is 2.19 bits per heavy atom. The summed E-state index contributed by atoms with van der Waals surface area (Å²) in [6.07, 6.45) is 5.28. The number of aliphatic hydroxyl groups excluding tert-OH is 1. The van der Waals surface area contributed by atoms with Crippen LogP contribution in [0.4, 0.5) is 0 Å². The SMILES string of the molecule is C#CCN(CCO)Cc1ccccc1OC. The zero-order chi connectivity index (χ0) is 11.8. The summed E-state index contributed by atoms with van der Waals surface area (Å²) in [5.74, 6) is 3.43. The van der Waals surface area contributed by atoms with Crippen molar-refractivity contribution in [1.82, 2.24) is 4.90 Å². The zero-order valence-corrected chi connectivity index (χ0v) is 9.52. The van der Waals surface area contributed by atoms with Gasteiger partial charge in [0.25, 0.3) is 0 Å². The predicted molar refractivity (Wildman–Crippen MR) is 64.2 cm³/mol. The number of methoxy groups -OCH3 is 1. The van der Waals surface area contributed by atoms with Crippen LogP contribution in [-0.4, -0.2) is 36.8 Å². The molecule has 0 atom stereocenters. The molecule has 1 aromatic carbocycles. The summed E-state index contributed by atoms with van der Waals surface area (Å²) in [7, 11) is 1.65. The van der Waals surface area contributed by atoms with Gasteiger partial charge in [-0.1, -0.05) is 24.1 Å². The van der Waals surface area contributed by atoms with Gasteiger partial charge in [0.05, 0.1) is 20.3 Å². The Morgan fingerprint density at radius 1 is 1.44 bits per heavy atom. The van der Waals surface area contributed by atoms with Crippen LogP contribution in [0, 0.1) is 12.3 Å². The van der Waals surface area contributed by atoms with E-state index in [1.807, 2.05) is 29.2 Å². The number of rotatable bonds is 6. The van der Waals surface area contributed by atoms with Gasteiger partial charge in [-0.25, -0.2) is 0 Å². The van der Waals surface area contributed by atoms with Gasteiger partial charge in [0, 0.05) is 18.7 Å². The minimum atomic E-state index is 0.108. The summed E-state index contributed by atoms with van der Waals surface area (Å²) >= 11 is 0. The fraction of sp³-hybridized carbons (Fsp3) is 0.385. The highest BCUT2D eigenvalue weighted by Crippen LogP contribution is 2.18. The molecular weight excluding hydrogens is 202 g/mol. The van der Waals surface area contributed by atoms with E-state index in [0.717, 1.165) is 11.3 Å². The monoisotopic (exact) mass is 219 g/mol. The van der Waals surface area contributed by atoms with E-state index in [9.17, 15) is 0 Å². The van der Waals surface area contributed by atoms with Crippen LogP contribution in [0.1, 0.15) is 5.56 Å². The topological polar surface area (TPSA) is 32.7 Å². The van der Waals surface area contributed by atoms with Crippen LogP contribution in [0.3, 0.4) is 0 Å². The molecule has 0 saturated carbocycles. The van der Waals surface area contributed by atoms with Crippen LogP contribution in [-0.2, 0) is 6.54 Å². The first-order valence-electron chi connectivity index (χ1n) is 5.20. The smallest absolute Gasteiger partial charge is 0.123 e. The molecule has 0 aliphatic heterocycles. The molecule has 0 heterocycles. The predicted octanol–water partition coefficient (Wildman–Crippen LogP) is 1.12. The van der Waals surface area contributed by atoms with E-state index in [1.165, 1.54) is 0 Å². The van der Waals surface area contributed by atoms with Gasteiger partial charge in [-0.3, -0.25) is 4.90 Å². The number of ether oxygens (including phenoxy) is 1. The molecule has 1 N–H and O–H groups in total. The first-order chi connectivity index (χ1) is 7.81. The lowest BCUT2D eigenvalue weighted by Crippen LogP contribution is -2.27. The molecule has 0 spiro atoms. The van der Waals surface area contributed by atoms with Crippen molar-refractivity contribution in [1.29, 1.82) is 0 Å². The van der Waals surface area contributed by atoms with Crippen LogP contribution in [0.15, 0.2) is 24.3 Å². The third-order valence-electron chi connectivity index (χ3n) is 2.32. The Balaban J connectivity index is 2.72. The van der Waals surface area contributed by atoms with Crippen LogP contribution in [0.2, 0.25) is 0 Å². The van der Waals surface area contributed by atoms with Crippen LogP contribution in [0.5, 0.6) is 5.75 Å². The van der Waals surface area contributed by atoms with Crippen molar-refractivity contribution in [2.75, 3.05) is 26.8 Å². The third kappa shape index (κ3) is 3.58. The fourth-order valence-electron chi connectivity index (χ4n) is 1.56. The van der Waals surface area contributed by atoms with Crippen LogP contribution in [0.25, 0.3) is 0 Å². The summed E-state index contributed by atoms with van der Waals surface area (Å²) < 4.78 is 5.26. The van der Waals surface area contributed by atoms with E-state index in [-0.39, 0.29) is 6.61 Å². The lowest BCUT2D eigenvalue weighted by molar-refractivity contribution is 0.204. The van der Waals surface area contributed by atoms with Gasteiger partial charge in [0.1, 0.15) is 5.75 Å². The summed E-state index contributed by atoms with van der Waals surface area (Å²) in [4.78, 5) is 2.00. The second kappa shape index (κ2) is 6.89. The lowest BCUT2D eigenvalue weighted by Gasteiger charge is -2.19. The molecule has 1 aromatic rings. The van der Waals surface area contributed by atoms with Crippen molar-refractivity contribution >= 4 is 0 Å². The number of hydrogen-bond donors (Lipinski definition) is 1. The second-order valence-corrected chi connectivity index (χ2v) is 3.45. The molecule has 0 aliphatic carbocycles. The molecular formula is C13H17NO2. The van der Waals surface area contributed by atoms with E-state index in [1.54, 1.807) is 7.11 Å². The fourth-order valence-corrected chi connectivity index (χ4v) is 1.56. The van der Waals surface area contributed by atoms with Crippen molar-refractivity contribution in [3.8, 4) is 18.1 Å². The molecule has 0 aliphatic rings. The van der Waals surface area contributed by atoms with Gasteiger partial charge >= 0.3 is 0 Å². The summed E-state index contributed by atoms with van der Waals surface area (Å²) in [6, 6.07) is 7.81. The maximum absolute atomic E-state index is 8.93. The Bertz CT molecular complexity index is 357. The van der Waals surface area contributed by atoms with Gasteiger partial charge < -0.3 is 9.84 Å². The molecule has 0 unspecified atom stereocenters. The Kier molecular flexibility index (Phi) is 5.41. The van der Waals surface area contributed by atoms with Gasteiger partial charge in [-0.15, -0.1) is 6.42 Å². The zero-order valence-electron chi connectivity index (χ0n) is 9.52. The minimum absolute atomic E-state index is 0.108. The lowest BCUT2D eigenvalue weighted by atomic mass is 10.2. The van der Waals surface area contributed by atoms with Crippen LogP contribution >= 0.6 is 0 Å². The largest absolute Gasteiger partial charge is 0.496 e. The molecule has 0 aromatic heterocycles. The van der Waals surface area contributed by atoms with E-state index in [4.69, 9.17) is 16.3 Å². The molecule has 3 heteroatoms. The highest BCUT2D eigenvalue weighted by molar-refractivity contribution is 5.33. The Labute approximate surface area is 96.7 Å². The third-order valence-corrected chi connectivity index (χ3v) is 2.32. The number of para-hydroxylation sites is 1. The quantitative estimate of drug-likeness (QED) is 0.728.